The molecule has 0 spiro atoms. The molecular weight excluding hydrogens is 228 g/mol. The van der Waals surface area contributed by atoms with Crippen molar-refractivity contribution in [2.45, 2.75) is 13.5 Å². The number of nitrogens with zero attached hydrogens (tertiary/aromatic N) is 1. The molecule has 0 aliphatic rings. The van der Waals surface area contributed by atoms with Gasteiger partial charge in [-0.15, -0.1) is 0 Å². The third kappa shape index (κ3) is 2.71. The van der Waals surface area contributed by atoms with Crippen LogP contribution in [0, 0.1) is 6.92 Å². The van der Waals surface area contributed by atoms with Crippen LogP contribution in [0.4, 0.5) is 5.69 Å². The van der Waals surface area contributed by atoms with Crippen LogP contribution in [-0.4, -0.2) is 17.1 Å². The second-order valence-electron chi connectivity index (χ2n) is 4.01. The van der Waals surface area contributed by atoms with Gasteiger partial charge >= 0.3 is 0 Å². The maximum absolute atomic E-state index is 9.81. The van der Waals surface area contributed by atoms with Crippen molar-refractivity contribution in [2.24, 2.45) is 0 Å². The first-order valence-electron chi connectivity index (χ1n) is 5.75. The van der Waals surface area contributed by atoms with E-state index in [1.54, 1.807) is 18.3 Å². The smallest absolute Gasteiger partial charge is 0.213 e. The molecule has 0 saturated carbocycles. The number of hydrogen-bond donors (Lipinski definition) is 2. The molecule has 1 aromatic heterocycles. The Balaban J connectivity index is 2.15. The number of benzene rings is 1. The van der Waals surface area contributed by atoms with Crippen LogP contribution in [0.2, 0.25) is 0 Å². The number of phenolic OH excluding ortho intramolecular Hbond substituents is 1. The van der Waals surface area contributed by atoms with Crippen molar-refractivity contribution in [3.8, 4) is 11.6 Å². The van der Waals surface area contributed by atoms with E-state index in [-0.39, 0.29) is 12.4 Å². The number of anilines is 1. The fourth-order valence-electron chi connectivity index (χ4n) is 1.69. The normalized spacial score (nSPS) is 10.1. The summed E-state index contributed by atoms with van der Waals surface area (Å²) in [5, 5.41) is 12.8. The summed E-state index contributed by atoms with van der Waals surface area (Å²) in [6.07, 6.45) is 1.70. The van der Waals surface area contributed by atoms with Gasteiger partial charge in [0.05, 0.1) is 5.56 Å². The number of pyridine rings is 1. The molecule has 94 valence electrons. The first kappa shape index (κ1) is 12.2. The van der Waals surface area contributed by atoms with E-state index < -0.39 is 0 Å². The Labute approximate surface area is 106 Å². The van der Waals surface area contributed by atoms with Gasteiger partial charge in [0.15, 0.2) is 0 Å². The second kappa shape index (κ2) is 5.40. The quantitative estimate of drug-likeness (QED) is 0.868. The molecule has 0 aliphatic carbocycles. The molecule has 1 aromatic carbocycles. The molecule has 2 rings (SSSR count). The van der Waals surface area contributed by atoms with Crippen LogP contribution in [0.15, 0.2) is 36.5 Å². The van der Waals surface area contributed by atoms with Crippen molar-refractivity contribution in [3.63, 3.8) is 0 Å². The first-order valence-corrected chi connectivity index (χ1v) is 5.75. The van der Waals surface area contributed by atoms with E-state index in [0.717, 1.165) is 16.8 Å². The van der Waals surface area contributed by atoms with Gasteiger partial charge in [-0.2, -0.15) is 0 Å². The lowest BCUT2D eigenvalue weighted by molar-refractivity contribution is 0.288. The molecule has 0 bridgehead atoms. The van der Waals surface area contributed by atoms with Crippen LogP contribution < -0.4 is 10.1 Å². The Morgan fingerprint density at radius 1 is 1.33 bits per heavy atom. The Bertz CT molecular complexity index is 541. The first-order chi connectivity index (χ1) is 8.70. The third-order valence-corrected chi connectivity index (χ3v) is 2.68. The number of ether oxygens (including phenoxy) is 1. The Morgan fingerprint density at radius 3 is 2.89 bits per heavy atom. The van der Waals surface area contributed by atoms with Gasteiger partial charge in [0, 0.05) is 25.0 Å². The summed E-state index contributed by atoms with van der Waals surface area (Å²) in [4.78, 5) is 4.12. The lowest BCUT2D eigenvalue weighted by Gasteiger charge is -2.12. The molecule has 2 N–H and O–H groups in total. The Kier molecular flexibility index (Phi) is 3.67. The molecule has 0 unspecified atom stereocenters. The van der Waals surface area contributed by atoms with Gasteiger partial charge < -0.3 is 15.2 Å². The highest BCUT2D eigenvalue weighted by Gasteiger charge is 2.07. The van der Waals surface area contributed by atoms with Crippen LogP contribution in [0.25, 0.3) is 0 Å². The van der Waals surface area contributed by atoms with Crippen molar-refractivity contribution in [3.05, 3.63) is 47.7 Å². The van der Waals surface area contributed by atoms with E-state index in [1.165, 1.54) is 0 Å². The fourth-order valence-corrected chi connectivity index (χ4v) is 1.69. The zero-order chi connectivity index (χ0) is 13.0. The van der Waals surface area contributed by atoms with Gasteiger partial charge in [0.2, 0.25) is 5.88 Å². The molecule has 4 nitrogen and oxygen atoms in total. The average Bonchev–Trinajstić information content (AvgIpc) is 2.37. The fraction of sp³-hybridized carbons (Fsp3) is 0.214. The van der Waals surface area contributed by atoms with Crippen molar-refractivity contribution in [1.29, 1.82) is 0 Å². The van der Waals surface area contributed by atoms with Crippen LogP contribution in [0.1, 0.15) is 11.1 Å². The van der Waals surface area contributed by atoms with Crippen molar-refractivity contribution in [2.75, 3.05) is 12.4 Å². The highest BCUT2D eigenvalue weighted by Crippen LogP contribution is 2.26. The van der Waals surface area contributed by atoms with Gasteiger partial charge in [-0.05, 0) is 30.7 Å². The molecule has 18 heavy (non-hydrogen) atoms. The molecule has 0 amide bonds. The summed E-state index contributed by atoms with van der Waals surface area (Å²) in [5.41, 5.74) is 2.66. The van der Waals surface area contributed by atoms with E-state index >= 15 is 0 Å². The largest absolute Gasteiger partial charge is 0.507 e. The SMILES string of the molecule is CNc1cccc(O)c1COc1cc(C)ccn1. The zero-order valence-electron chi connectivity index (χ0n) is 10.5. The minimum atomic E-state index is 0.217. The zero-order valence-corrected chi connectivity index (χ0v) is 10.5. The standard InChI is InChI=1S/C14H16N2O2/c1-10-6-7-16-14(8-10)18-9-11-12(15-2)4-3-5-13(11)17/h3-8,15,17H,9H2,1-2H3. The van der Waals surface area contributed by atoms with E-state index in [1.807, 2.05) is 32.2 Å². The highest BCUT2D eigenvalue weighted by atomic mass is 16.5. The predicted octanol–water partition coefficient (Wildman–Crippen LogP) is 2.72. The van der Waals surface area contributed by atoms with Crippen LogP contribution in [0.3, 0.4) is 0 Å². The second-order valence-corrected chi connectivity index (χ2v) is 4.01. The lowest BCUT2D eigenvalue weighted by Crippen LogP contribution is -2.02. The highest BCUT2D eigenvalue weighted by molar-refractivity contribution is 5.56. The average molecular weight is 244 g/mol. The van der Waals surface area contributed by atoms with Crippen molar-refractivity contribution in [1.82, 2.24) is 4.98 Å². The molecule has 2 aromatic rings. The summed E-state index contributed by atoms with van der Waals surface area (Å²) >= 11 is 0. The van der Waals surface area contributed by atoms with Gasteiger partial charge in [0.1, 0.15) is 12.4 Å². The van der Waals surface area contributed by atoms with Gasteiger partial charge in [-0.1, -0.05) is 6.07 Å². The summed E-state index contributed by atoms with van der Waals surface area (Å²) in [6, 6.07) is 9.09. The van der Waals surface area contributed by atoms with E-state index in [4.69, 9.17) is 4.74 Å². The van der Waals surface area contributed by atoms with Gasteiger partial charge in [0.25, 0.3) is 0 Å². The summed E-state index contributed by atoms with van der Waals surface area (Å²) in [6.45, 7) is 2.26. The number of hydrogen-bond acceptors (Lipinski definition) is 4. The van der Waals surface area contributed by atoms with E-state index in [2.05, 4.69) is 10.3 Å². The van der Waals surface area contributed by atoms with Crippen LogP contribution in [0.5, 0.6) is 11.6 Å². The van der Waals surface area contributed by atoms with E-state index in [9.17, 15) is 5.11 Å². The third-order valence-electron chi connectivity index (χ3n) is 2.68. The summed E-state index contributed by atoms with van der Waals surface area (Å²) < 4.78 is 5.59. The number of nitrogens with one attached hydrogen (secondary N) is 1. The molecule has 0 atom stereocenters. The summed E-state index contributed by atoms with van der Waals surface area (Å²) in [7, 11) is 1.81. The predicted molar refractivity (Wildman–Crippen MR) is 71.0 cm³/mol. The van der Waals surface area contributed by atoms with Gasteiger partial charge in [-0.25, -0.2) is 4.98 Å². The minimum Gasteiger partial charge on any atom is -0.507 e. The summed E-state index contributed by atoms with van der Waals surface area (Å²) in [5.74, 6) is 0.773. The monoisotopic (exact) mass is 244 g/mol. The Morgan fingerprint density at radius 2 is 2.17 bits per heavy atom. The lowest BCUT2D eigenvalue weighted by atomic mass is 10.1. The molecule has 1 heterocycles. The van der Waals surface area contributed by atoms with Gasteiger partial charge in [-0.3, -0.25) is 0 Å². The van der Waals surface area contributed by atoms with Crippen molar-refractivity contribution >= 4 is 5.69 Å². The molecule has 0 fully saturated rings. The van der Waals surface area contributed by atoms with E-state index in [0.29, 0.717) is 5.88 Å². The topological polar surface area (TPSA) is 54.4 Å². The maximum Gasteiger partial charge on any atom is 0.213 e. The minimum absolute atomic E-state index is 0.217. The molecule has 0 aliphatic heterocycles. The number of aromatic hydroxyl groups is 1. The van der Waals surface area contributed by atoms with Crippen LogP contribution in [-0.2, 0) is 6.61 Å². The number of phenols is 1. The number of aromatic nitrogens is 1. The number of rotatable bonds is 4. The molecule has 0 saturated heterocycles. The van der Waals surface area contributed by atoms with Crippen molar-refractivity contribution < 1.29 is 9.84 Å². The Hall–Kier alpha value is -2.23. The molecule has 4 heteroatoms. The molecule has 0 radical (unpaired) electrons. The maximum atomic E-state index is 9.81. The number of aryl methyl sites for hydroxylation is 1. The molecular formula is C14H16N2O2. The van der Waals surface area contributed by atoms with Crippen LogP contribution >= 0.6 is 0 Å².